The number of halogens is 1. The summed E-state index contributed by atoms with van der Waals surface area (Å²) in [6, 6.07) is 18.8. The van der Waals surface area contributed by atoms with Gasteiger partial charge in [0.2, 0.25) is 5.91 Å². The Hall–Kier alpha value is -3.65. The third-order valence-electron chi connectivity index (χ3n) is 6.32. The number of aryl methyl sites for hydroxylation is 1. The number of rotatable bonds is 9. The van der Waals surface area contributed by atoms with E-state index in [1.54, 1.807) is 34.9 Å². The minimum atomic E-state index is -3.86. The Labute approximate surface area is 211 Å². The highest BCUT2D eigenvalue weighted by atomic mass is 32.2. The van der Waals surface area contributed by atoms with Gasteiger partial charge in [-0.15, -0.1) is 0 Å². The Bertz CT molecular complexity index is 1510. The molecule has 8 heteroatoms. The Morgan fingerprint density at radius 1 is 1.00 bits per heavy atom. The Kier molecular flexibility index (Phi) is 7.45. The Morgan fingerprint density at radius 3 is 2.39 bits per heavy atom. The highest BCUT2D eigenvalue weighted by Crippen LogP contribution is 2.29. The zero-order chi connectivity index (χ0) is 25.9. The maximum Gasteiger partial charge on any atom is 0.244 e. The van der Waals surface area contributed by atoms with Gasteiger partial charge in [0, 0.05) is 47.1 Å². The van der Waals surface area contributed by atoms with E-state index in [2.05, 4.69) is 24.1 Å². The van der Waals surface area contributed by atoms with Crippen molar-refractivity contribution in [2.75, 3.05) is 23.3 Å². The topological polar surface area (TPSA) is 71.4 Å². The van der Waals surface area contributed by atoms with Crippen LogP contribution < -0.4 is 10.2 Å². The van der Waals surface area contributed by atoms with Crippen LogP contribution in [-0.2, 0) is 26.9 Å². The molecule has 1 aromatic heterocycles. The van der Waals surface area contributed by atoms with Crippen LogP contribution in [0.25, 0.3) is 10.9 Å². The van der Waals surface area contributed by atoms with Gasteiger partial charge in [0.25, 0.3) is 0 Å². The predicted molar refractivity (Wildman–Crippen MR) is 143 cm³/mol. The molecule has 4 rings (SSSR count). The van der Waals surface area contributed by atoms with Crippen molar-refractivity contribution in [3.63, 3.8) is 0 Å². The molecule has 0 saturated heterocycles. The van der Waals surface area contributed by atoms with Crippen molar-refractivity contribution in [1.29, 1.82) is 0 Å². The molecule has 0 fully saturated rings. The first-order valence-electron chi connectivity index (χ1n) is 11.9. The van der Waals surface area contributed by atoms with Gasteiger partial charge >= 0.3 is 0 Å². The summed E-state index contributed by atoms with van der Waals surface area (Å²) in [7, 11) is -3.86. The van der Waals surface area contributed by atoms with E-state index in [0.717, 1.165) is 24.3 Å². The first-order chi connectivity index (χ1) is 17.2. The first-order valence-corrected chi connectivity index (χ1v) is 13.6. The van der Waals surface area contributed by atoms with E-state index in [9.17, 15) is 17.6 Å². The molecule has 0 aliphatic rings. The van der Waals surface area contributed by atoms with E-state index in [1.165, 1.54) is 24.4 Å². The highest BCUT2D eigenvalue weighted by molar-refractivity contribution is 7.90. The minimum Gasteiger partial charge on any atom is -0.372 e. The number of aromatic nitrogens is 1. The van der Waals surface area contributed by atoms with E-state index in [1.807, 2.05) is 25.1 Å². The highest BCUT2D eigenvalue weighted by Gasteiger charge is 2.23. The van der Waals surface area contributed by atoms with Crippen molar-refractivity contribution in [2.24, 2.45) is 0 Å². The number of anilines is 2. The maximum atomic E-state index is 14.2. The van der Waals surface area contributed by atoms with Crippen LogP contribution in [0.15, 0.2) is 77.8 Å². The molecule has 1 heterocycles. The van der Waals surface area contributed by atoms with Gasteiger partial charge in [-0.1, -0.05) is 36.4 Å². The van der Waals surface area contributed by atoms with Crippen molar-refractivity contribution in [3.8, 4) is 0 Å². The summed E-state index contributed by atoms with van der Waals surface area (Å²) in [5.74, 6) is -1.29. The number of amides is 1. The smallest absolute Gasteiger partial charge is 0.244 e. The molecule has 188 valence electrons. The van der Waals surface area contributed by atoms with Gasteiger partial charge < -0.3 is 14.8 Å². The number of hydrogen-bond donors (Lipinski definition) is 1. The fraction of sp³-hybridized carbons (Fsp3) is 0.250. The molecule has 0 bridgehead atoms. The largest absolute Gasteiger partial charge is 0.372 e. The number of sulfone groups is 1. The Morgan fingerprint density at radius 2 is 1.69 bits per heavy atom. The number of para-hydroxylation sites is 1. The average molecular weight is 508 g/mol. The van der Waals surface area contributed by atoms with Crippen LogP contribution in [0, 0.1) is 12.7 Å². The monoisotopic (exact) mass is 507 g/mol. The standard InChI is InChI=1S/C28H30FN3O3S/c1-4-31(5-2)22-14-15-25(20(3)16-22)30-28(33)18-32-17-27(23-11-7-9-13-26(23)32)36(34,35)19-21-10-6-8-12-24(21)29/h6-17H,4-5,18-19H2,1-3H3,(H,30,33). The van der Waals surface area contributed by atoms with E-state index >= 15 is 0 Å². The third-order valence-corrected chi connectivity index (χ3v) is 8.00. The fourth-order valence-electron chi connectivity index (χ4n) is 4.41. The molecule has 36 heavy (non-hydrogen) atoms. The van der Waals surface area contributed by atoms with Gasteiger partial charge in [-0.3, -0.25) is 4.79 Å². The molecule has 0 aliphatic heterocycles. The molecule has 1 amide bonds. The summed E-state index contributed by atoms with van der Waals surface area (Å²) in [6.07, 6.45) is 1.47. The van der Waals surface area contributed by atoms with Crippen molar-refractivity contribution in [1.82, 2.24) is 4.57 Å². The van der Waals surface area contributed by atoms with Crippen molar-refractivity contribution in [3.05, 3.63) is 89.9 Å². The van der Waals surface area contributed by atoms with Crippen molar-refractivity contribution in [2.45, 2.75) is 38.0 Å². The number of fused-ring (bicyclic) bond motifs is 1. The van der Waals surface area contributed by atoms with Crippen LogP contribution in [0.4, 0.5) is 15.8 Å². The fourth-order valence-corrected chi connectivity index (χ4v) is 6.00. The molecular formula is C28H30FN3O3S. The second kappa shape index (κ2) is 10.5. The van der Waals surface area contributed by atoms with Crippen LogP contribution in [0.3, 0.4) is 0 Å². The van der Waals surface area contributed by atoms with Gasteiger partial charge in [-0.05, 0) is 56.7 Å². The average Bonchev–Trinajstić information content (AvgIpc) is 3.22. The first kappa shape index (κ1) is 25.4. The normalized spacial score (nSPS) is 11.6. The molecule has 0 saturated carbocycles. The van der Waals surface area contributed by atoms with E-state index in [0.29, 0.717) is 16.6 Å². The van der Waals surface area contributed by atoms with Gasteiger partial charge in [-0.25, -0.2) is 12.8 Å². The molecular weight excluding hydrogens is 477 g/mol. The van der Waals surface area contributed by atoms with Crippen molar-refractivity contribution < 1.29 is 17.6 Å². The summed E-state index contributed by atoms with van der Waals surface area (Å²) in [5.41, 5.74) is 3.47. The van der Waals surface area contributed by atoms with Gasteiger partial charge in [0.15, 0.2) is 9.84 Å². The molecule has 3 aromatic carbocycles. The number of carbonyl (C=O) groups is 1. The summed E-state index contributed by atoms with van der Waals surface area (Å²) in [4.78, 5) is 15.3. The SMILES string of the molecule is CCN(CC)c1ccc(NC(=O)Cn2cc(S(=O)(=O)Cc3ccccc3F)c3ccccc32)c(C)c1. The van der Waals surface area contributed by atoms with Crippen LogP contribution >= 0.6 is 0 Å². The molecule has 4 aromatic rings. The zero-order valence-electron chi connectivity index (χ0n) is 20.7. The lowest BCUT2D eigenvalue weighted by atomic mass is 10.1. The quantitative estimate of drug-likeness (QED) is 0.323. The van der Waals surface area contributed by atoms with E-state index < -0.39 is 21.4 Å². The second-order valence-corrected chi connectivity index (χ2v) is 10.7. The maximum absolute atomic E-state index is 14.2. The number of hydrogen-bond acceptors (Lipinski definition) is 4. The molecule has 0 radical (unpaired) electrons. The van der Waals surface area contributed by atoms with Crippen LogP contribution in [0.2, 0.25) is 0 Å². The van der Waals surface area contributed by atoms with Crippen molar-refractivity contribution >= 4 is 38.0 Å². The third kappa shape index (κ3) is 5.28. The van der Waals surface area contributed by atoms with E-state index in [-0.39, 0.29) is 22.9 Å². The number of carbonyl (C=O) groups excluding carboxylic acids is 1. The molecule has 1 N–H and O–H groups in total. The molecule has 0 atom stereocenters. The molecule has 0 spiro atoms. The minimum absolute atomic E-state index is 0.0625. The number of nitrogens with one attached hydrogen (secondary N) is 1. The van der Waals surface area contributed by atoms with Crippen LogP contribution in [0.5, 0.6) is 0 Å². The summed E-state index contributed by atoms with van der Waals surface area (Å²) >= 11 is 0. The second-order valence-electron chi connectivity index (χ2n) is 8.71. The Balaban J connectivity index is 1.59. The molecule has 6 nitrogen and oxygen atoms in total. The van der Waals surface area contributed by atoms with Crippen LogP contribution in [0.1, 0.15) is 25.0 Å². The van der Waals surface area contributed by atoms with Gasteiger partial charge in [0.05, 0.1) is 10.6 Å². The zero-order valence-corrected chi connectivity index (χ0v) is 21.5. The summed E-state index contributed by atoms with van der Waals surface area (Å²) < 4.78 is 42.3. The van der Waals surface area contributed by atoms with Gasteiger partial charge in [-0.2, -0.15) is 0 Å². The number of benzene rings is 3. The van der Waals surface area contributed by atoms with Crippen LogP contribution in [-0.4, -0.2) is 32.0 Å². The molecule has 0 aliphatic carbocycles. The number of nitrogens with zero attached hydrogens (tertiary/aromatic N) is 2. The lowest BCUT2D eigenvalue weighted by Crippen LogP contribution is -2.22. The lowest BCUT2D eigenvalue weighted by Gasteiger charge is -2.22. The molecule has 0 unspecified atom stereocenters. The summed E-state index contributed by atoms with van der Waals surface area (Å²) in [6.45, 7) is 7.87. The van der Waals surface area contributed by atoms with Gasteiger partial charge in [0.1, 0.15) is 12.4 Å². The van der Waals surface area contributed by atoms with E-state index in [4.69, 9.17) is 0 Å². The predicted octanol–water partition coefficient (Wildman–Crippen LogP) is 5.55. The lowest BCUT2D eigenvalue weighted by molar-refractivity contribution is -0.116. The summed E-state index contributed by atoms with van der Waals surface area (Å²) in [5, 5.41) is 3.44.